The fraction of sp³-hybridized carbons (Fsp3) is 0.143. The first-order valence-electron chi connectivity index (χ1n) is 8.08. The van der Waals surface area contributed by atoms with E-state index in [-0.39, 0.29) is 0 Å². The highest BCUT2D eigenvalue weighted by Gasteiger charge is 2.14. The van der Waals surface area contributed by atoms with Gasteiger partial charge in [-0.15, -0.1) is 0 Å². The number of aromatic nitrogens is 1. The maximum atomic E-state index is 9.00. The number of oxazole rings is 1. The first kappa shape index (κ1) is 15.2. The molecule has 0 saturated carbocycles. The monoisotopic (exact) mass is 328 g/mol. The lowest BCUT2D eigenvalue weighted by Gasteiger charge is -1.95. The summed E-state index contributed by atoms with van der Waals surface area (Å²) in [5.41, 5.74) is 4.41. The topological polar surface area (TPSA) is 63.0 Å². The van der Waals surface area contributed by atoms with Crippen LogP contribution in [0.1, 0.15) is 28.3 Å². The largest absolute Gasteiger partial charge is 0.461 e. The number of fused-ring (bicyclic) bond motifs is 1. The average molecular weight is 328 g/mol. The Balaban J connectivity index is 1.65. The zero-order valence-electron chi connectivity index (χ0n) is 14.0. The van der Waals surface area contributed by atoms with Gasteiger partial charge in [0.25, 0.3) is 0 Å². The summed E-state index contributed by atoms with van der Waals surface area (Å²) in [7, 11) is 0. The van der Waals surface area contributed by atoms with Crippen LogP contribution < -0.4 is 0 Å². The molecule has 0 aliphatic heterocycles. The molecule has 0 unspecified atom stereocenters. The van der Waals surface area contributed by atoms with E-state index in [9.17, 15) is 0 Å². The van der Waals surface area contributed by atoms with E-state index in [0.29, 0.717) is 17.9 Å². The SMILES string of the molecule is Cc1ccc(-c2nc(Cc3cc4cc(C#N)ccc4o3)c(C)o2)cc1. The van der Waals surface area contributed by atoms with E-state index in [0.717, 1.165) is 33.7 Å². The van der Waals surface area contributed by atoms with Crippen molar-refractivity contribution < 1.29 is 8.83 Å². The van der Waals surface area contributed by atoms with Gasteiger partial charge in [0.1, 0.15) is 17.1 Å². The van der Waals surface area contributed by atoms with Crippen molar-refractivity contribution in [3.05, 3.63) is 76.9 Å². The first-order chi connectivity index (χ1) is 12.1. The fourth-order valence-electron chi connectivity index (χ4n) is 2.83. The standard InChI is InChI=1S/C21H16N2O2/c1-13-3-6-16(7-4-13)21-23-19(14(2)24-21)11-18-10-17-9-15(12-22)5-8-20(17)25-18/h3-10H,11H2,1-2H3. The summed E-state index contributed by atoms with van der Waals surface area (Å²) in [6.07, 6.45) is 0.553. The van der Waals surface area contributed by atoms with Gasteiger partial charge in [0.2, 0.25) is 5.89 Å². The van der Waals surface area contributed by atoms with Gasteiger partial charge in [-0.3, -0.25) is 0 Å². The van der Waals surface area contributed by atoms with Crippen LogP contribution in [-0.4, -0.2) is 4.98 Å². The summed E-state index contributed by atoms with van der Waals surface area (Å²) in [5.74, 6) is 2.21. The Morgan fingerprint density at radius 2 is 1.80 bits per heavy atom. The van der Waals surface area contributed by atoms with Gasteiger partial charge in [0.05, 0.1) is 23.7 Å². The van der Waals surface area contributed by atoms with Crippen molar-refractivity contribution in [1.29, 1.82) is 5.26 Å². The smallest absolute Gasteiger partial charge is 0.226 e. The molecule has 25 heavy (non-hydrogen) atoms. The number of nitrogens with zero attached hydrogens (tertiary/aromatic N) is 2. The Labute approximate surface area is 145 Å². The molecule has 0 radical (unpaired) electrons. The van der Waals surface area contributed by atoms with Gasteiger partial charge in [0, 0.05) is 10.9 Å². The number of benzene rings is 2. The normalized spacial score (nSPS) is 10.9. The highest BCUT2D eigenvalue weighted by Crippen LogP contribution is 2.26. The molecule has 4 rings (SSSR count). The van der Waals surface area contributed by atoms with E-state index in [4.69, 9.17) is 14.1 Å². The third-order valence-corrected chi connectivity index (χ3v) is 4.23. The molecular weight excluding hydrogens is 312 g/mol. The van der Waals surface area contributed by atoms with Crippen LogP contribution in [-0.2, 0) is 6.42 Å². The van der Waals surface area contributed by atoms with Gasteiger partial charge >= 0.3 is 0 Å². The summed E-state index contributed by atoms with van der Waals surface area (Å²) < 4.78 is 11.7. The molecule has 0 N–H and O–H groups in total. The van der Waals surface area contributed by atoms with E-state index in [1.54, 1.807) is 6.07 Å². The number of hydrogen-bond acceptors (Lipinski definition) is 4. The molecule has 2 aromatic carbocycles. The van der Waals surface area contributed by atoms with Crippen molar-refractivity contribution in [2.75, 3.05) is 0 Å². The molecule has 2 heterocycles. The van der Waals surface area contributed by atoms with Crippen molar-refractivity contribution >= 4 is 11.0 Å². The van der Waals surface area contributed by atoms with E-state index in [1.165, 1.54) is 5.56 Å². The third kappa shape index (κ3) is 2.92. The molecule has 0 atom stereocenters. The maximum absolute atomic E-state index is 9.00. The van der Waals surface area contributed by atoms with Crippen molar-refractivity contribution in [3.63, 3.8) is 0 Å². The average Bonchev–Trinajstić information content (AvgIpc) is 3.18. The molecule has 0 spiro atoms. The minimum absolute atomic E-state index is 0.553. The Morgan fingerprint density at radius 1 is 1.00 bits per heavy atom. The summed E-state index contributed by atoms with van der Waals surface area (Å²) in [6, 6.07) is 17.6. The third-order valence-electron chi connectivity index (χ3n) is 4.23. The van der Waals surface area contributed by atoms with E-state index < -0.39 is 0 Å². The lowest BCUT2D eigenvalue weighted by atomic mass is 10.1. The van der Waals surface area contributed by atoms with E-state index in [2.05, 4.69) is 18.0 Å². The molecule has 4 heteroatoms. The van der Waals surface area contributed by atoms with Gasteiger partial charge in [0.15, 0.2) is 0 Å². The molecule has 0 bridgehead atoms. The molecule has 4 aromatic rings. The summed E-state index contributed by atoms with van der Waals surface area (Å²) in [4.78, 5) is 4.63. The second-order valence-electron chi connectivity index (χ2n) is 6.14. The van der Waals surface area contributed by atoms with E-state index in [1.807, 2.05) is 49.4 Å². The van der Waals surface area contributed by atoms with Crippen LogP contribution in [0.15, 0.2) is 57.4 Å². The van der Waals surface area contributed by atoms with Crippen molar-refractivity contribution in [2.45, 2.75) is 20.3 Å². The van der Waals surface area contributed by atoms with Crippen molar-refractivity contribution in [1.82, 2.24) is 4.98 Å². The van der Waals surface area contributed by atoms with Gasteiger partial charge in [-0.25, -0.2) is 4.98 Å². The molecule has 0 fully saturated rings. The predicted octanol–water partition coefficient (Wildman–Crippen LogP) is 5.17. The highest BCUT2D eigenvalue weighted by molar-refractivity contribution is 5.79. The Hall–Kier alpha value is -3.32. The lowest BCUT2D eigenvalue weighted by Crippen LogP contribution is -1.88. The summed E-state index contributed by atoms with van der Waals surface area (Å²) in [5, 5.41) is 9.93. The van der Waals surface area contributed by atoms with Crippen molar-refractivity contribution in [2.24, 2.45) is 0 Å². The van der Waals surface area contributed by atoms with E-state index >= 15 is 0 Å². The first-order valence-corrected chi connectivity index (χ1v) is 8.08. The van der Waals surface area contributed by atoms with Gasteiger partial charge < -0.3 is 8.83 Å². The predicted molar refractivity (Wildman–Crippen MR) is 95.1 cm³/mol. The van der Waals surface area contributed by atoms with Crippen LogP contribution in [0.4, 0.5) is 0 Å². The van der Waals surface area contributed by atoms with Gasteiger partial charge in [-0.1, -0.05) is 17.7 Å². The van der Waals surface area contributed by atoms with Crippen molar-refractivity contribution in [3.8, 4) is 17.5 Å². The quantitative estimate of drug-likeness (QED) is 0.520. The molecule has 0 saturated heterocycles. The number of hydrogen-bond donors (Lipinski definition) is 0. The van der Waals surface area contributed by atoms with Gasteiger partial charge in [-0.2, -0.15) is 5.26 Å². The second kappa shape index (κ2) is 5.95. The molecule has 122 valence electrons. The fourth-order valence-corrected chi connectivity index (χ4v) is 2.83. The molecule has 2 aromatic heterocycles. The second-order valence-corrected chi connectivity index (χ2v) is 6.14. The summed E-state index contributed by atoms with van der Waals surface area (Å²) >= 11 is 0. The minimum atomic E-state index is 0.553. The zero-order valence-corrected chi connectivity index (χ0v) is 14.0. The summed E-state index contributed by atoms with van der Waals surface area (Å²) in [6.45, 7) is 3.96. The van der Waals surface area contributed by atoms with Crippen LogP contribution >= 0.6 is 0 Å². The lowest BCUT2D eigenvalue weighted by molar-refractivity contribution is 0.533. The molecule has 0 amide bonds. The Bertz CT molecular complexity index is 1100. The Morgan fingerprint density at radius 3 is 2.56 bits per heavy atom. The number of aryl methyl sites for hydroxylation is 2. The highest BCUT2D eigenvalue weighted by atomic mass is 16.4. The van der Waals surface area contributed by atoms with Crippen LogP contribution in [0.3, 0.4) is 0 Å². The number of nitriles is 1. The molecule has 0 aliphatic rings. The maximum Gasteiger partial charge on any atom is 0.226 e. The van der Waals surface area contributed by atoms with Crippen LogP contribution in [0, 0.1) is 25.2 Å². The van der Waals surface area contributed by atoms with Crippen LogP contribution in [0.2, 0.25) is 0 Å². The molecule has 0 aliphatic carbocycles. The Kier molecular flexibility index (Phi) is 3.62. The van der Waals surface area contributed by atoms with Crippen LogP contribution in [0.5, 0.6) is 0 Å². The molecule has 4 nitrogen and oxygen atoms in total. The molecular formula is C21H16N2O2. The number of rotatable bonds is 3. The van der Waals surface area contributed by atoms with Crippen LogP contribution in [0.25, 0.3) is 22.4 Å². The van der Waals surface area contributed by atoms with Gasteiger partial charge in [-0.05, 0) is 50.2 Å². The zero-order chi connectivity index (χ0) is 17.4. The minimum Gasteiger partial charge on any atom is -0.461 e. The number of furan rings is 1.